The molecule has 0 heterocycles. The van der Waals surface area contributed by atoms with Crippen LogP contribution in [0.3, 0.4) is 0 Å². The summed E-state index contributed by atoms with van der Waals surface area (Å²) in [5.74, 6) is 0.953. The Morgan fingerprint density at radius 1 is 0.718 bits per heavy atom. The summed E-state index contributed by atoms with van der Waals surface area (Å²) >= 11 is 0. The molecule has 0 aliphatic heterocycles. The van der Waals surface area contributed by atoms with Crippen LogP contribution in [0, 0.1) is 35.2 Å². The maximum absolute atomic E-state index is 15.3. The normalized spacial score (nSPS) is 23.5. The van der Waals surface area contributed by atoms with E-state index in [1.54, 1.807) is 30.3 Å². The standard InChI is InChI=1S/C35H38BF3/c1-2-3-4-23-5-7-24(8-6-23)25-9-11-26(12-10-25)29-17-19-31(33(37)21-29)27-13-15-28(16-14-27)32-20-18-30(22-36)34(38)35(32)39/h2,13-21,23-26H,1,3-12,22H2. The van der Waals surface area contributed by atoms with Crippen LogP contribution < -0.4 is 0 Å². The second-order valence-corrected chi connectivity index (χ2v) is 11.7. The SMILES string of the molecule is [B]Cc1ccc(-c2ccc(-c3ccc(C4CCC(C5CCC(CCC=C)CC5)CC4)cc3F)cc2)c(F)c1F. The summed E-state index contributed by atoms with van der Waals surface area (Å²) in [7, 11) is 5.47. The second-order valence-electron chi connectivity index (χ2n) is 11.7. The predicted molar refractivity (Wildman–Crippen MR) is 156 cm³/mol. The van der Waals surface area contributed by atoms with Gasteiger partial charge in [0.2, 0.25) is 0 Å². The van der Waals surface area contributed by atoms with Crippen molar-refractivity contribution in [1.29, 1.82) is 0 Å². The van der Waals surface area contributed by atoms with Crippen molar-refractivity contribution in [1.82, 2.24) is 0 Å². The monoisotopic (exact) mass is 526 g/mol. The Bertz CT molecular complexity index is 1270. The Morgan fingerprint density at radius 2 is 1.31 bits per heavy atom. The fourth-order valence-electron chi connectivity index (χ4n) is 7.04. The van der Waals surface area contributed by atoms with Gasteiger partial charge < -0.3 is 0 Å². The van der Waals surface area contributed by atoms with E-state index in [0.29, 0.717) is 17.0 Å². The first-order chi connectivity index (χ1) is 19.0. The summed E-state index contributed by atoms with van der Waals surface area (Å²) in [6.07, 6.45) is 14.7. The van der Waals surface area contributed by atoms with E-state index >= 15 is 4.39 Å². The number of rotatable bonds is 8. The molecule has 5 rings (SSSR count). The van der Waals surface area contributed by atoms with Crippen molar-refractivity contribution >= 4 is 7.85 Å². The average Bonchev–Trinajstić information content (AvgIpc) is 2.98. The molecule has 0 saturated heterocycles. The lowest BCUT2D eigenvalue weighted by Crippen LogP contribution is -2.25. The molecular formula is C35H38BF3. The van der Waals surface area contributed by atoms with Crippen molar-refractivity contribution in [2.75, 3.05) is 0 Å². The van der Waals surface area contributed by atoms with Gasteiger partial charge in [-0.05, 0) is 103 Å². The largest absolute Gasteiger partial charge is 0.206 e. The van der Waals surface area contributed by atoms with Gasteiger partial charge in [-0.2, -0.15) is 0 Å². The maximum Gasteiger partial charge on any atom is 0.166 e. The van der Waals surface area contributed by atoms with Gasteiger partial charge in [0.25, 0.3) is 0 Å². The van der Waals surface area contributed by atoms with E-state index in [1.807, 2.05) is 12.1 Å². The highest BCUT2D eigenvalue weighted by molar-refractivity contribution is 6.08. The fraction of sp³-hybridized carbons (Fsp3) is 0.429. The van der Waals surface area contributed by atoms with Gasteiger partial charge in [0, 0.05) is 11.1 Å². The number of hydrogen-bond donors (Lipinski definition) is 0. The summed E-state index contributed by atoms with van der Waals surface area (Å²) in [6, 6.07) is 15.6. The van der Waals surface area contributed by atoms with Crippen LogP contribution in [0.25, 0.3) is 22.3 Å². The van der Waals surface area contributed by atoms with Crippen molar-refractivity contribution in [3.63, 3.8) is 0 Å². The minimum absolute atomic E-state index is 0.0592. The predicted octanol–water partition coefficient (Wildman–Crippen LogP) is 10.2. The van der Waals surface area contributed by atoms with Crippen LogP contribution in [-0.2, 0) is 6.32 Å². The summed E-state index contributed by atoms with van der Waals surface area (Å²) in [6.45, 7) is 3.87. The summed E-state index contributed by atoms with van der Waals surface area (Å²) in [5, 5.41) is 0. The first-order valence-corrected chi connectivity index (χ1v) is 14.7. The minimum atomic E-state index is -0.915. The van der Waals surface area contributed by atoms with Crippen molar-refractivity contribution in [2.24, 2.45) is 17.8 Å². The highest BCUT2D eigenvalue weighted by atomic mass is 19.2. The molecule has 202 valence electrons. The Hall–Kier alpha value is -2.75. The van der Waals surface area contributed by atoms with E-state index < -0.39 is 11.6 Å². The number of halogens is 3. The molecule has 2 fully saturated rings. The van der Waals surface area contributed by atoms with Crippen molar-refractivity contribution in [3.8, 4) is 22.3 Å². The molecule has 3 aromatic rings. The number of benzene rings is 3. The maximum atomic E-state index is 15.3. The van der Waals surface area contributed by atoms with Crippen LogP contribution in [-0.4, -0.2) is 7.85 Å². The zero-order valence-corrected chi connectivity index (χ0v) is 22.8. The molecule has 0 bridgehead atoms. The van der Waals surface area contributed by atoms with Crippen LogP contribution >= 0.6 is 0 Å². The molecule has 0 aromatic heterocycles. The Labute approximate surface area is 233 Å². The molecule has 0 nitrogen and oxygen atoms in total. The van der Waals surface area contributed by atoms with Gasteiger partial charge in [-0.15, -0.1) is 6.58 Å². The highest BCUT2D eigenvalue weighted by Gasteiger charge is 2.31. The van der Waals surface area contributed by atoms with E-state index in [2.05, 4.69) is 12.6 Å². The van der Waals surface area contributed by atoms with Gasteiger partial charge in [0.15, 0.2) is 11.6 Å². The van der Waals surface area contributed by atoms with Gasteiger partial charge in [-0.25, -0.2) is 13.2 Å². The number of allylic oxidation sites excluding steroid dienone is 1. The van der Waals surface area contributed by atoms with E-state index in [1.165, 1.54) is 57.1 Å². The van der Waals surface area contributed by atoms with Crippen molar-refractivity contribution in [3.05, 3.63) is 95.8 Å². The lowest BCUT2D eigenvalue weighted by atomic mass is 9.68. The molecule has 2 aliphatic rings. The van der Waals surface area contributed by atoms with E-state index in [0.717, 1.165) is 48.1 Å². The molecule has 4 heteroatoms. The lowest BCUT2D eigenvalue weighted by Gasteiger charge is -2.38. The molecule has 2 radical (unpaired) electrons. The smallest absolute Gasteiger partial charge is 0.166 e. The Morgan fingerprint density at radius 3 is 1.90 bits per heavy atom. The fourth-order valence-corrected chi connectivity index (χ4v) is 7.04. The third-order valence-corrected chi connectivity index (χ3v) is 9.46. The van der Waals surface area contributed by atoms with E-state index in [4.69, 9.17) is 7.85 Å². The molecule has 2 aliphatic carbocycles. The average molecular weight is 526 g/mol. The van der Waals surface area contributed by atoms with Crippen molar-refractivity contribution in [2.45, 2.75) is 76.4 Å². The summed E-state index contributed by atoms with van der Waals surface area (Å²) in [5.41, 5.74) is 3.19. The van der Waals surface area contributed by atoms with Gasteiger partial charge >= 0.3 is 0 Å². The Balaban J connectivity index is 1.20. The molecule has 3 aromatic carbocycles. The first kappa shape index (κ1) is 27.8. The molecule has 0 amide bonds. The highest BCUT2D eigenvalue weighted by Crippen LogP contribution is 2.45. The van der Waals surface area contributed by atoms with Crippen molar-refractivity contribution < 1.29 is 13.2 Å². The minimum Gasteiger partial charge on any atom is -0.206 e. The second kappa shape index (κ2) is 12.6. The molecule has 39 heavy (non-hydrogen) atoms. The van der Waals surface area contributed by atoms with Gasteiger partial charge in [-0.3, -0.25) is 0 Å². The molecule has 0 unspecified atom stereocenters. The Kier molecular flexibility index (Phi) is 9.00. The van der Waals surface area contributed by atoms with E-state index in [9.17, 15) is 8.78 Å². The van der Waals surface area contributed by atoms with Crippen LogP contribution in [0.2, 0.25) is 0 Å². The van der Waals surface area contributed by atoms with Crippen LogP contribution in [0.5, 0.6) is 0 Å². The van der Waals surface area contributed by atoms with Gasteiger partial charge in [-0.1, -0.05) is 73.8 Å². The third-order valence-electron chi connectivity index (χ3n) is 9.46. The first-order valence-electron chi connectivity index (χ1n) is 14.7. The quantitative estimate of drug-likeness (QED) is 0.202. The zero-order chi connectivity index (χ0) is 27.4. The van der Waals surface area contributed by atoms with Crippen LogP contribution in [0.4, 0.5) is 13.2 Å². The molecular weight excluding hydrogens is 488 g/mol. The van der Waals surface area contributed by atoms with Crippen LogP contribution in [0.15, 0.2) is 67.3 Å². The summed E-state index contributed by atoms with van der Waals surface area (Å²) in [4.78, 5) is 0. The number of hydrogen-bond acceptors (Lipinski definition) is 0. The van der Waals surface area contributed by atoms with Gasteiger partial charge in [0.1, 0.15) is 5.82 Å². The zero-order valence-electron chi connectivity index (χ0n) is 22.8. The molecule has 0 N–H and O–H groups in total. The van der Waals surface area contributed by atoms with Gasteiger partial charge in [0.05, 0.1) is 7.85 Å². The third kappa shape index (κ3) is 6.21. The molecule has 0 atom stereocenters. The summed E-state index contributed by atoms with van der Waals surface area (Å²) < 4.78 is 44.0. The van der Waals surface area contributed by atoms with E-state index in [-0.39, 0.29) is 23.3 Å². The van der Waals surface area contributed by atoms with Crippen LogP contribution in [0.1, 0.15) is 81.3 Å². The molecule has 0 spiro atoms. The molecule has 2 saturated carbocycles. The topological polar surface area (TPSA) is 0 Å². The lowest BCUT2D eigenvalue weighted by molar-refractivity contribution is 0.157.